The highest BCUT2D eigenvalue weighted by Crippen LogP contribution is 2.15. The highest BCUT2D eigenvalue weighted by atomic mass is 35.5. The van der Waals surface area contributed by atoms with E-state index >= 15 is 0 Å². The second kappa shape index (κ2) is 8.02. The van der Waals surface area contributed by atoms with Gasteiger partial charge >= 0.3 is 0 Å². The lowest BCUT2D eigenvalue weighted by Gasteiger charge is -2.22. The average molecular weight is 285 g/mol. The highest BCUT2D eigenvalue weighted by Gasteiger charge is 2.14. The Bertz CT molecular complexity index is 406. The molecule has 5 heteroatoms. The molecule has 0 bridgehead atoms. The summed E-state index contributed by atoms with van der Waals surface area (Å²) in [6, 6.07) is 7.01. The zero-order valence-electron chi connectivity index (χ0n) is 10.9. The molecular formula is C14H21ClN2O2. The predicted molar refractivity (Wildman–Crippen MR) is 78.6 cm³/mol. The first-order valence-corrected chi connectivity index (χ1v) is 6.51. The summed E-state index contributed by atoms with van der Waals surface area (Å²) in [6.07, 6.45) is 4.68. The van der Waals surface area contributed by atoms with Gasteiger partial charge in [0.25, 0.3) is 5.91 Å². The van der Waals surface area contributed by atoms with Crippen molar-refractivity contribution in [2.45, 2.75) is 31.8 Å². The summed E-state index contributed by atoms with van der Waals surface area (Å²) < 4.78 is 5.61. The monoisotopic (exact) mass is 284 g/mol. The number of nitrogens with two attached hydrogens (primary N) is 1. The molecule has 1 fully saturated rings. The first-order chi connectivity index (χ1) is 8.75. The molecule has 1 aliphatic heterocycles. The summed E-state index contributed by atoms with van der Waals surface area (Å²) in [7, 11) is 0. The molecule has 4 nitrogen and oxygen atoms in total. The summed E-state index contributed by atoms with van der Waals surface area (Å²) in [5, 5.41) is 2.90. The number of benzene rings is 1. The van der Waals surface area contributed by atoms with Crippen LogP contribution < -0.4 is 11.1 Å². The number of carbonyl (C=O) groups is 1. The maximum atomic E-state index is 11.8. The number of carbonyl (C=O) groups excluding carboxylic acids is 1. The van der Waals surface area contributed by atoms with Gasteiger partial charge in [-0.2, -0.15) is 0 Å². The molecule has 0 aliphatic carbocycles. The number of anilines is 1. The van der Waals surface area contributed by atoms with E-state index in [0.717, 1.165) is 25.9 Å². The molecule has 19 heavy (non-hydrogen) atoms. The lowest BCUT2D eigenvalue weighted by atomic mass is 10.1. The summed E-state index contributed by atoms with van der Waals surface area (Å²) in [5.74, 6) is -0.0712. The smallest absolute Gasteiger partial charge is 0.251 e. The average Bonchev–Trinajstić information content (AvgIpc) is 2.40. The van der Waals surface area contributed by atoms with Gasteiger partial charge in [0.15, 0.2) is 0 Å². The van der Waals surface area contributed by atoms with Crippen LogP contribution in [0.25, 0.3) is 0 Å². The van der Waals surface area contributed by atoms with Gasteiger partial charge in [0.1, 0.15) is 0 Å². The molecule has 1 unspecified atom stereocenters. The predicted octanol–water partition coefficient (Wildman–Crippen LogP) is 2.38. The molecule has 1 aromatic rings. The van der Waals surface area contributed by atoms with E-state index in [0.29, 0.717) is 23.9 Å². The second-order valence-electron chi connectivity index (χ2n) is 4.66. The Kier molecular flexibility index (Phi) is 6.67. The third kappa shape index (κ3) is 5.09. The first-order valence-electron chi connectivity index (χ1n) is 6.51. The van der Waals surface area contributed by atoms with E-state index in [1.165, 1.54) is 6.42 Å². The number of nitrogen functional groups attached to an aromatic ring is 1. The Labute approximate surface area is 120 Å². The molecular weight excluding hydrogens is 264 g/mol. The van der Waals surface area contributed by atoms with Crippen LogP contribution in [-0.4, -0.2) is 25.2 Å². The van der Waals surface area contributed by atoms with Crippen molar-refractivity contribution in [1.29, 1.82) is 0 Å². The van der Waals surface area contributed by atoms with Crippen molar-refractivity contribution < 1.29 is 9.53 Å². The molecule has 1 atom stereocenters. The van der Waals surface area contributed by atoms with Gasteiger partial charge < -0.3 is 15.8 Å². The fraction of sp³-hybridized carbons (Fsp3) is 0.500. The van der Waals surface area contributed by atoms with E-state index in [1.54, 1.807) is 24.3 Å². The molecule has 2 rings (SSSR count). The first kappa shape index (κ1) is 15.8. The molecule has 3 N–H and O–H groups in total. The number of amides is 1. The molecule has 0 saturated carbocycles. The minimum absolute atomic E-state index is 0. The van der Waals surface area contributed by atoms with Crippen molar-refractivity contribution in [3.63, 3.8) is 0 Å². The van der Waals surface area contributed by atoms with Crippen molar-refractivity contribution in [3.05, 3.63) is 29.8 Å². The summed E-state index contributed by atoms with van der Waals surface area (Å²) in [5.41, 5.74) is 6.86. The van der Waals surface area contributed by atoms with Gasteiger partial charge in [0.05, 0.1) is 6.10 Å². The van der Waals surface area contributed by atoms with Crippen LogP contribution in [-0.2, 0) is 4.74 Å². The number of hydrogen-bond donors (Lipinski definition) is 2. The largest absolute Gasteiger partial charge is 0.399 e. The van der Waals surface area contributed by atoms with E-state index in [2.05, 4.69) is 5.32 Å². The number of ether oxygens (including phenoxy) is 1. The van der Waals surface area contributed by atoms with Gasteiger partial charge in [-0.1, -0.05) is 6.07 Å². The molecule has 106 valence electrons. The van der Waals surface area contributed by atoms with Gasteiger partial charge in [-0.25, -0.2) is 0 Å². The molecule has 0 spiro atoms. The summed E-state index contributed by atoms with van der Waals surface area (Å²) >= 11 is 0. The SMILES string of the molecule is Cl.Nc1cccc(C(=O)NCCC2CCCCO2)c1. The van der Waals surface area contributed by atoms with Crippen LogP contribution in [0.5, 0.6) is 0 Å². The van der Waals surface area contributed by atoms with Crippen molar-refractivity contribution in [1.82, 2.24) is 5.32 Å². The van der Waals surface area contributed by atoms with Crippen molar-refractivity contribution >= 4 is 24.0 Å². The molecule has 0 radical (unpaired) electrons. The van der Waals surface area contributed by atoms with Crippen LogP contribution in [0, 0.1) is 0 Å². The Morgan fingerprint density at radius 1 is 1.42 bits per heavy atom. The normalized spacial score (nSPS) is 18.4. The van der Waals surface area contributed by atoms with Crippen molar-refractivity contribution in [3.8, 4) is 0 Å². The second-order valence-corrected chi connectivity index (χ2v) is 4.66. The van der Waals surface area contributed by atoms with Crippen LogP contribution >= 0.6 is 12.4 Å². The van der Waals surface area contributed by atoms with E-state index in [9.17, 15) is 4.79 Å². The third-order valence-electron chi connectivity index (χ3n) is 3.17. The maximum Gasteiger partial charge on any atom is 0.251 e. The van der Waals surface area contributed by atoms with Gasteiger partial charge in [-0.3, -0.25) is 4.79 Å². The zero-order chi connectivity index (χ0) is 12.8. The molecule has 1 heterocycles. The zero-order valence-corrected chi connectivity index (χ0v) is 11.7. The lowest BCUT2D eigenvalue weighted by Crippen LogP contribution is -2.29. The topological polar surface area (TPSA) is 64.4 Å². The van der Waals surface area contributed by atoms with E-state index in [1.807, 2.05) is 0 Å². The Hall–Kier alpha value is -1.26. The maximum absolute atomic E-state index is 11.8. The lowest BCUT2D eigenvalue weighted by molar-refractivity contribution is 0.0117. The fourth-order valence-corrected chi connectivity index (χ4v) is 2.16. The van der Waals surface area contributed by atoms with Gasteiger partial charge in [-0.05, 0) is 43.9 Å². The van der Waals surface area contributed by atoms with Crippen molar-refractivity contribution in [2.24, 2.45) is 0 Å². The fourth-order valence-electron chi connectivity index (χ4n) is 2.16. The van der Waals surface area contributed by atoms with Crippen LogP contribution in [0.4, 0.5) is 5.69 Å². The van der Waals surface area contributed by atoms with Crippen LogP contribution in [0.3, 0.4) is 0 Å². The Morgan fingerprint density at radius 2 is 2.26 bits per heavy atom. The number of hydrogen-bond acceptors (Lipinski definition) is 3. The molecule has 1 aromatic carbocycles. The highest BCUT2D eigenvalue weighted by molar-refractivity contribution is 5.94. The van der Waals surface area contributed by atoms with Gasteiger partial charge in [0, 0.05) is 24.4 Å². The Balaban J connectivity index is 0.00000180. The number of nitrogens with one attached hydrogen (secondary N) is 1. The molecule has 1 amide bonds. The number of rotatable bonds is 4. The summed E-state index contributed by atoms with van der Waals surface area (Å²) in [4.78, 5) is 11.8. The molecule has 1 aliphatic rings. The quantitative estimate of drug-likeness (QED) is 0.835. The third-order valence-corrected chi connectivity index (χ3v) is 3.17. The molecule has 1 saturated heterocycles. The van der Waals surface area contributed by atoms with E-state index < -0.39 is 0 Å². The van der Waals surface area contributed by atoms with Crippen LogP contribution in [0.2, 0.25) is 0 Å². The van der Waals surface area contributed by atoms with Crippen molar-refractivity contribution in [2.75, 3.05) is 18.9 Å². The number of halogens is 1. The van der Waals surface area contributed by atoms with Crippen LogP contribution in [0.1, 0.15) is 36.0 Å². The van der Waals surface area contributed by atoms with Crippen LogP contribution in [0.15, 0.2) is 24.3 Å². The Morgan fingerprint density at radius 3 is 2.95 bits per heavy atom. The van der Waals surface area contributed by atoms with Gasteiger partial charge in [0.2, 0.25) is 0 Å². The standard InChI is InChI=1S/C14H20N2O2.ClH/c15-12-5-3-4-11(10-12)14(17)16-8-7-13-6-1-2-9-18-13;/h3-5,10,13H,1-2,6-9,15H2,(H,16,17);1H. The minimum atomic E-state index is -0.0712. The minimum Gasteiger partial charge on any atom is -0.399 e. The van der Waals surface area contributed by atoms with Gasteiger partial charge in [-0.15, -0.1) is 12.4 Å². The van der Waals surface area contributed by atoms with E-state index in [4.69, 9.17) is 10.5 Å². The molecule has 0 aromatic heterocycles. The van der Waals surface area contributed by atoms with E-state index in [-0.39, 0.29) is 18.3 Å². The summed E-state index contributed by atoms with van der Waals surface area (Å²) in [6.45, 7) is 1.51.